The van der Waals surface area contributed by atoms with Gasteiger partial charge in [0.2, 0.25) is 5.91 Å². The van der Waals surface area contributed by atoms with Crippen molar-refractivity contribution in [3.63, 3.8) is 0 Å². The zero-order chi connectivity index (χ0) is 23.5. The van der Waals surface area contributed by atoms with Crippen LogP contribution in [0.3, 0.4) is 0 Å². The second-order valence-corrected chi connectivity index (χ2v) is 12.7. The van der Waals surface area contributed by atoms with E-state index >= 15 is 0 Å². The molecule has 2 aromatic heterocycles. The number of nitrogens with zero attached hydrogens (tertiary/aromatic N) is 3. The van der Waals surface area contributed by atoms with Gasteiger partial charge in [0.15, 0.2) is 5.16 Å². The summed E-state index contributed by atoms with van der Waals surface area (Å²) in [5.41, 5.74) is 1.40. The number of fused-ring (bicyclic) bond motifs is 3. The number of carbonyl (C=O) groups is 1. The SMILES string of the molecule is CC(C)CN(CC(C)C)C(=O)CSc1nc2sc3c(c2c(=O)n1C1CCCCC1)CCCC3. The van der Waals surface area contributed by atoms with Crippen LogP contribution in [-0.4, -0.2) is 39.2 Å². The largest absolute Gasteiger partial charge is 0.341 e. The molecule has 0 atom stereocenters. The van der Waals surface area contributed by atoms with Crippen molar-refractivity contribution in [3.8, 4) is 0 Å². The molecule has 0 aromatic carbocycles. The summed E-state index contributed by atoms with van der Waals surface area (Å²) in [6.45, 7) is 10.2. The van der Waals surface area contributed by atoms with Crippen molar-refractivity contribution in [2.75, 3.05) is 18.8 Å². The van der Waals surface area contributed by atoms with Crippen LogP contribution in [0.1, 0.15) is 89.1 Å². The van der Waals surface area contributed by atoms with E-state index in [2.05, 4.69) is 27.7 Å². The number of amides is 1. The molecule has 4 rings (SSSR count). The van der Waals surface area contributed by atoms with Crippen LogP contribution < -0.4 is 5.56 Å². The lowest BCUT2D eigenvalue weighted by atomic mass is 9.94. The first-order chi connectivity index (χ1) is 15.8. The fourth-order valence-electron chi connectivity index (χ4n) is 5.34. The summed E-state index contributed by atoms with van der Waals surface area (Å²) >= 11 is 3.18. The second-order valence-electron chi connectivity index (χ2n) is 10.6. The Hall–Kier alpha value is -1.34. The third kappa shape index (κ3) is 5.67. The molecule has 2 aliphatic rings. The second kappa shape index (κ2) is 10.9. The Morgan fingerprint density at radius 1 is 1.06 bits per heavy atom. The van der Waals surface area contributed by atoms with Gasteiger partial charge in [-0.2, -0.15) is 0 Å². The van der Waals surface area contributed by atoms with E-state index < -0.39 is 0 Å². The Balaban J connectivity index is 1.67. The minimum absolute atomic E-state index is 0.141. The maximum atomic E-state index is 13.9. The molecule has 182 valence electrons. The van der Waals surface area contributed by atoms with Crippen LogP contribution >= 0.6 is 23.1 Å². The van der Waals surface area contributed by atoms with Gasteiger partial charge in [0.25, 0.3) is 5.56 Å². The van der Waals surface area contributed by atoms with Crippen molar-refractivity contribution in [1.29, 1.82) is 0 Å². The lowest BCUT2D eigenvalue weighted by molar-refractivity contribution is -0.129. The molecule has 0 N–H and O–H groups in total. The first-order valence-corrected chi connectivity index (χ1v) is 14.6. The van der Waals surface area contributed by atoms with E-state index in [4.69, 9.17) is 4.98 Å². The van der Waals surface area contributed by atoms with Gasteiger partial charge in [0, 0.05) is 24.0 Å². The smallest absolute Gasteiger partial charge is 0.263 e. The lowest BCUT2D eigenvalue weighted by Gasteiger charge is -2.28. The number of hydrogen-bond donors (Lipinski definition) is 0. The summed E-state index contributed by atoms with van der Waals surface area (Å²) in [5.74, 6) is 1.36. The first-order valence-electron chi connectivity index (χ1n) is 12.8. The normalized spacial score (nSPS) is 17.2. The van der Waals surface area contributed by atoms with Crippen LogP contribution in [0.25, 0.3) is 10.2 Å². The molecular formula is C26H39N3O2S2. The van der Waals surface area contributed by atoms with Gasteiger partial charge in [-0.05, 0) is 55.9 Å². The van der Waals surface area contributed by atoms with Gasteiger partial charge < -0.3 is 4.90 Å². The molecule has 5 nitrogen and oxygen atoms in total. The minimum atomic E-state index is 0.141. The van der Waals surface area contributed by atoms with Crippen LogP contribution in [0.2, 0.25) is 0 Å². The van der Waals surface area contributed by atoms with Crippen LogP contribution in [0.15, 0.2) is 9.95 Å². The summed E-state index contributed by atoms with van der Waals surface area (Å²) in [6, 6.07) is 0.210. The number of thiophene rings is 1. The van der Waals surface area contributed by atoms with E-state index in [0.717, 1.165) is 73.4 Å². The third-order valence-corrected chi connectivity index (χ3v) is 8.90. The molecule has 7 heteroatoms. The molecule has 0 bridgehead atoms. The van der Waals surface area contributed by atoms with Gasteiger partial charge in [-0.15, -0.1) is 11.3 Å². The van der Waals surface area contributed by atoms with Gasteiger partial charge >= 0.3 is 0 Å². The third-order valence-electron chi connectivity index (χ3n) is 6.78. The Morgan fingerprint density at radius 3 is 2.39 bits per heavy atom. The van der Waals surface area contributed by atoms with Crippen LogP contribution in [0.4, 0.5) is 0 Å². The molecule has 2 heterocycles. The summed E-state index contributed by atoms with van der Waals surface area (Å²) in [7, 11) is 0. The highest BCUT2D eigenvalue weighted by molar-refractivity contribution is 7.99. The maximum absolute atomic E-state index is 13.9. The van der Waals surface area contributed by atoms with Crippen LogP contribution in [0, 0.1) is 11.8 Å². The summed E-state index contributed by atoms with van der Waals surface area (Å²) in [6.07, 6.45) is 10.1. The van der Waals surface area contributed by atoms with Crippen molar-refractivity contribution >= 4 is 39.2 Å². The number of rotatable bonds is 8. The highest BCUT2D eigenvalue weighted by Gasteiger charge is 2.27. The molecule has 0 radical (unpaired) electrons. The number of carbonyl (C=O) groups excluding carboxylic acids is 1. The number of thioether (sulfide) groups is 1. The monoisotopic (exact) mass is 489 g/mol. The standard InChI is InChI=1S/C26H39N3O2S2/c1-17(2)14-28(15-18(3)4)22(30)16-32-26-27-24-23(20-12-8-9-13-21(20)33-24)25(31)29(26)19-10-6-5-7-11-19/h17-19H,5-16H2,1-4H3. The number of hydrogen-bond acceptors (Lipinski definition) is 5. The zero-order valence-corrected chi connectivity index (χ0v) is 22.3. The molecular weight excluding hydrogens is 450 g/mol. The van der Waals surface area contributed by atoms with Gasteiger partial charge in [0.05, 0.1) is 11.1 Å². The molecule has 1 fully saturated rings. The molecule has 1 amide bonds. The first kappa shape index (κ1) is 24.8. The van der Waals surface area contributed by atoms with Crippen molar-refractivity contribution in [2.24, 2.45) is 11.8 Å². The molecule has 1 saturated carbocycles. The Labute approximate surface area is 206 Å². The quantitative estimate of drug-likeness (QED) is 0.333. The molecule has 2 aromatic rings. The Morgan fingerprint density at radius 2 is 1.73 bits per heavy atom. The van der Waals surface area contributed by atoms with Gasteiger partial charge in [0.1, 0.15) is 4.83 Å². The van der Waals surface area contributed by atoms with Crippen LogP contribution in [0.5, 0.6) is 0 Å². The van der Waals surface area contributed by atoms with Crippen molar-refractivity contribution < 1.29 is 4.79 Å². The van der Waals surface area contributed by atoms with E-state index in [-0.39, 0.29) is 17.5 Å². The Bertz CT molecular complexity index is 1020. The summed E-state index contributed by atoms with van der Waals surface area (Å²) < 4.78 is 1.98. The van der Waals surface area contributed by atoms with Gasteiger partial charge in [-0.1, -0.05) is 58.7 Å². The fraction of sp³-hybridized carbons (Fsp3) is 0.731. The molecule has 0 unspecified atom stereocenters. The highest BCUT2D eigenvalue weighted by atomic mass is 32.2. The average molecular weight is 490 g/mol. The van der Waals surface area contributed by atoms with Crippen molar-refractivity contribution in [3.05, 3.63) is 20.8 Å². The maximum Gasteiger partial charge on any atom is 0.263 e. The lowest BCUT2D eigenvalue weighted by Crippen LogP contribution is -2.38. The van der Waals surface area contributed by atoms with Gasteiger partial charge in [-0.25, -0.2) is 4.98 Å². The zero-order valence-electron chi connectivity index (χ0n) is 20.7. The number of aromatic nitrogens is 2. The van der Waals surface area contributed by atoms with Gasteiger partial charge in [-0.3, -0.25) is 14.2 Å². The van der Waals surface area contributed by atoms with E-state index in [9.17, 15) is 9.59 Å². The fourth-order valence-corrected chi connectivity index (χ4v) is 7.61. The molecule has 0 saturated heterocycles. The van der Waals surface area contributed by atoms with E-state index in [1.165, 1.54) is 35.0 Å². The van der Waals surface area contributed by atoms with E-state index in [1.807, 2.05) is 9.47 Å². The highest BCUT2D eigenvalue weighted by Crippen LogP contribution is 2.37. The molecule has 0 aliphatic heterocycles. The average Bonchev–Trinajstić information content (AvgIpc) is 3.15. The topological polar surface area (TPSA) is 55.2 Å². The predicted molar refractivity (Wildman–Crippen MR) is 140 cm³/mol. The Kier molecular flexibility index (Phi) is 8.21. The summed E-state index contributed by atoms with van der Waals surface area (Å²) in [5, 5.41) is 1.62. The molecule has 33 heavy (non-hydrogen) atoms. The predicted octanol–water partition coefficient (Wildman–Crippen LogP) is 6.07. The number of aryl methyl sites for hydroxylation is 2. The van der Waals surface area contributed by atoms with E-state index in [1.54, 1.807) is 11.3 Å². The van der Waals surface area contributed by atoms with Crippen molar-refractivity contribution in [2.45, 2.75) is 96.7 Å². The molecule has 2 aliphatic carbocycles. The van der Waals surface area contributed by atoms with E-state index in [0.29, 0.717) is 17.6 Å². The molecule has 0 spiro atoms. The van der Waals surface area contributed by atoms with Crippen molar-refractivity contribution in [1.82, 2.24) is 14.5 Å². The summed E-state index contributed by atoms with van der Waals surface area (Å²) in [4.78, 5) is 36.3. The van der Waals surface area contributed by atoms with Crippen LogP contribution in [-0.2, 0) is 17.6 Å². The minimum Gasteiger partial charge on any atom is -0.341 e.